The van der Waals surface area contributed by atoms with Crippen LogP contribution < -0.4 is 5.73 Å². The van der Waals surface area contributed by atoms with E-state index in [4.69, 9.17) is 14.9 Å². The zero-order chi connectivity index (χ0) is 14.5. The topological polar surface area (TPSA) is 64.5 Å². The highest BCUT2D eigenvalue weighted by molar-refractivity contribution is 5.72. The highest BCUT2D eigenvalue weighted by atomic mass is 16.5. The summed E-state index contributed by atoms with van der Waals surface area (Å²) in [6.07, 6.45) is 3.48. The van der Waals surface area contributed by atoms with Gasteiger partial charge in [0.15, 0.2) is 5.58 Å². The molecule has 1 aromatic heterocycles. The van der Waals surface area contributed by atoms with E-state index >= 15 is 0 Å². The van der Waals surface area contributed by atoms with Crippen LogP contribution >= 0.6 is 0 Å². The van der Waals surface area contributed by atoms with E-state index in [0.717, 1.165) is 62.5 Å². The summed E-state index contributed by atoms with van der Waals surface area (Å²) in [4.78, 5) is 6.92. The summed E-state index contributed by atoms with van der Waals surface area (Å²) in [5.74, 6) is 0.804. The molecule has 3 rings (SSSR count). The van der Waals surface area contributed by atoms with E-state index < -0.39 is 0 Å². The van der Waals surface area contributed by atoms with Crippen molar-refractivity contribution >= 4 is 11.1 Å². The van der Waals surface area contributed by atoms with Crippen molar-refractivity contribution in [3.05, 3.63) is 30.2 Å². The average molecular weight is 289 g/mol. The van der Waals surface area contributed by atoms with E-state index in [-0.39, 0.29) is 0 Å². The molecule has 1 aliphatic heterocycles. The number of hydrogen-bond donors (Lipinski definition) is 1. The number of oxazole rings is 1. The largest absolute Gasteiger partial charge is 0.439 e. The SMILES string of the molecule is NCCCOC1CCN(Cc2nc3ccccc3o2)CC1. The van der Waals surface area contributed by atoms with Crippen molar-refractivity contribution in [2.75, 3.05) is 26.2 Å². The van der Waals surface area contributed by atoms with Gasteiger partial charge in [0.2, 0.25) is 5.89 Å². The summed E-state index contributed by atoms with van der Waals surface area (Å²) < 4.78 is 11.6. The van der Waals surface area contributed by atoms with E-state index in [2.05, 4.69) is 9.88 Å². The molecule has 0 amide bonds. The summed E-state index contributed by atoms with van der Waals surface area (Å²) >= 11 is 0. The Hall–Kier alpha value is -1.43. The third-order valence-electron chi connectivity index (χ3n) is 3.93. The molecular formula is C16H23N3O2. The number of nitrogens with zero attached hydrogens (tertiary/aromatic N) is 2. The van der Waals surface area contributed by atoms with Crippen LogP contribution in [-0.4, -0.2) is 42.2 Å². The molecule has 0 saturated carbocycles. The summed E-state index contributed by atoms with van der Waals surface area (Å²) in [5, 5.41) is 0. The second-order valence-electron chi connectivity index (χ2n) is 5.56. The molecule has 5 nitrogen and oxygen atoms in total. The third-order valence-corrected chi connectivity index (χ3v) is 3.93. The Morgan fingerprint density at radius 3 is 2.86 bits per heavy atom. The van der Waals surface area contributed by atoms with Gasteiger partial charge in [-0.3, -0.25) is 4.90 Å². The van der Waals surface area contributed by atoms with Crippen LogP contribution in [0.3, 0.4) is 0 Å². The van der Waals surface area contributed by atoms with E-state index in [1.807, 2.05) is 24.3 Å². The van der Waals surface area contributed by atoms with Crippen molar-refractivity contribution < 1.29 is 9.15 Å². The standard InChI is InChI=1S/C16H23N3O2/c17-8-3-11-20-13-6-9-19(10-7-13)12-16-18-14-4-1-2-5-15(14)21-16/h1-2,4-5,13H,3,6-12,17H2. The minimum atomic E-state index is 0.386. The third kappa shape index (κ3) is 3.81. The molecule has 2 heterocycles. The summed E-state index contributed by atoms with van der Waals surface area (Å²) in [6.45, 7) is 4.34. The van der Waals surface area contributed by atoms with Gasteiger partial charge in [-0.2, -0.15) is 0 Å². The molecular weight excluding hydrogens is 266 g/mol. The fraction of sp³-hybridized carbons (Fsp3) is 0.562. The van der Waals surface area contributed by atoms with Crippen LogP contribution in [0.4, 0.5) is 0 Å². The van der Waals surface area contributed by atoms with Gasteiger partial charge in [0.1, 0.15) is 5.52 Å². The lowest BCUT2D eigenvalue weighted by Gasteiger charge is -2.30. The van der Waals surface area contributed by atoms with Crippen LogP contribution in [0.15, 0.2) is 28.7 Å². The van der Waals surface area contributed by atoms with Crippen LogP contribution in [-0.2, 0) is 11.3 Å². The lowest BCUT2D eigenvalue weighted by Crippen LogP contribution is -2.36. The Morgan fingerprint density at radius 2 is 2.10 bits per heavy atom. The van der Waals surface area contributed by atoms with Gasteiger partial charge in [-0.1, -0.05) is 12.1 Å². The predicted octanol–water partition coefficient (Wildman–Crippen LogP) is 2.16. The lowest BCUT2D eigenvalue weighted by molar-refractivity contribution is 0.00422. The normalized spacial score (nSPS) is 17.6. The molecule has 1 saturated heterocycles. The Morgan fingerprint density at radius 1 is 1.29 bits per heavy atom. The molecule has 1 aliphatic rings. The number of hydrogen-bond acceptors (Lipinski definition) is 5. The Bertz CT molecular complexity index is 528. The fourth-order valence-corrected chi connectivity index (χ4v) is 2.75. The van der Waals surface area contributed by atoms with Gasteiger partial charge in [-0.25, -0.2) is 4.98 Å². The minimum absolute atomic E-state index is 0.386. The molecule has 0 atom stereocenters. The monoisotopic (exact) mass is 289 g/mol. The van der Waals surface area contributed by atoms with Crippen molar-refractivity contribution in [2.45, 2.75) is 31.9 Å². The number of nitrogens with two attached hydrogens (primary N) is 1. The molecule has 0 spiro atoms. The highest BCUT2D eigenvalue weighted by Crippen LogP contribution is 2.19. The Labute approximate surface area is 125 Å². The summed E-state index contributed by atoms with van der Waals surface area (Å²) in [5.41, 5.74) is 7.28. The number of benzene rings is 1. The number of aromatic nitrogens is 1. The number of para-hydroxylation sites is 2. The number of ether oxygens (including phenoxy) is 1. The lowest BCUT2D eigenvalue weighted by atomic mass is 10.1. The van der Waals surface area contributed by atoms with E-state index in [1.54, 1.807) is 0 Å². The van der Waals surface area contributed by atoms with Crippen LogP contribution in [0.25, 0.3) is 11.1 Å². The summed E-state index contributed by atoms with van der Waals surface area (Å²) in [6, 6.07) is 7.91. The molecule has 2 aromatic rings. The van der Waals surface area contributed by atoms with Crippen LogP contribution in [0.5, 0.6) is 0 Å². The molecule has 114 valence electrons. The maximum absolute atomic E-state index is 5.82. The first-order valence-electron chi connectivity index (χ1n) is 7.73. The second-order valence-corrected chi connectivity index (χ2v) is 5.56. The van der Waals surface area contributed by atoms with Gasteiger partial charge in [-0.05, 0) is 37.9 Å². The maximum Gasteiger partial charge on any atom is 0.209 e. The van der Waals surface area contributed by atoms with Gasteiger partial charge < -0.3 is 14.9 Å². The molecule has 21 heavy (non-hydrogen) atoms. The van der Waals surface area contributed by atoms with Gasteiger partial charge >= 0.3 is 0 Å². The molecule has 0 aliphatic carbocycles. The molecule has 5 heteroatoms. The van der Waals surface area contributed by atoms with Crippen molar-refractivity contribution in [1.82, 2.24) is 9.88 Å². The summed E-state index contributed by atoms with van der Waals surface area (Å²) in [7, 11) is 0. The molecule has 2 N–H and O–H groups in total. The molecule has 0 bridgehead atoms. The van der Waals surface area contributed by atoms with Gasteiger partial charge in [-0.15, -0.1) is 0 Å². The van der Waals surface area contributed by atoms with Crippen molar-refractivity contribution in [2.24, 2.45) is 5.73 Å². The van der Waals surface area contributed by atoms with Crippen molar-refractivity contribution in [3.8, 4) is 0 Å². The maximum atomic E-state index is 5.82. The first kappa shape index (κ1) is 14.5. The Balaban J connectivity index is 1.48. The Kier molecular flexibility index (Phi) is 4.85. The number of rotatable bonds is 6. The van der Waals surface area contributed by atoms with E-state index in [9.17, 15) is 0 Å². The smallest absolute Gasteiger partial charge is 0.209 e. The zero-order valence-corrected chi connectivity index (χ0v) is 12.3. The van der Waals surface area contributed by atoms with Crippen LogP contribution in [0, 0.1) is 0 Å². The molecule has 0 unspecified atom stereocenters. The minimum Gasteiger partial charge on any atom is -0.439 e. The quantitative estimate of drug-likeness (QED) is 0.826. The van der Waals surface area contributed by atoms with Gasteiger partial charge in [0, 0.05) is 19.7 Å². The number of likely N-dealkylation sites (tertiary alicyclic amines) is 1. The average Bonchev–Trinajstić information content (AvgIpc) is 2.91. The van der Waals surface area contributed by atoms with Gasteiger partial charge in [0.05, 0.1) is 12.6 Å². The second kappa shape index (κ2) is 7.02. The first-order valence-corrected chi connectivity index (χ1v) is 7.73. The van der Waals surface area contributed by atoms with Crippen LogP contribution in [0.1, 0.15) is 25.2 Å². The van der Waals surface area contributed by atoms with E-state index in [0.29, 0.717) is 12.6 Å². The van der Waals surface area contributed by atoms with Gasteiger partial charge in [0.25, 0.3) is 0 Å². The predicted molar refractivity (Wildman–Crippen MR) is 81.9 cm³/mol. The van der Waals surface area contributed by atoms with Crippen molar-refractivity contribution in [1.29, 1.82) is 0 Å². The molecule has 1 fully saturated rings. The van der Waals surface area contributed by atoms with Crippen molar-refractivity contribution in [3.63, 3.8) is 0 Å². The first-order chi connectivity index (χ1) is 10.3. The fourth-order valence-electron chi connectivity index (χ4n) is 2.75. The number of piperidine rings is 1. The van der Waals surface area contributed by atoms with E-state index in [1.165, 1.54) is 0 Å². The van der Waals surface area contributed by atoms with Crippen LogP contribution in [0.2, 0.25) is 0 Å². The zero-order valence-electron chi connectivity index (χ0n) is 12.3. The highest BCUT2D eigenvalue weighted by Gasteiger charge is 2.21. The molecule has 0 radical (unpaired) electrons. The molecule has 1 aromatic carbocycles. The number of fused-ring (bicyclic) bond motifs is 1.